The highest BCUT2D eigenvalue weighted by atomic mass is 32.2. The zero-order valence-corrected chi connectivity index (χ0v) is 14.4. The lowest BCUT2D eigenvalue weighted by Gasteiger charge is -2.39. The first-order valence-electron chi connectivity index (χ1n) is 8.44. The van der Waals surface area contributed by atoms with Crippen LogP contribution in [0.4, 0.5) is 4.39 Å². The minimum atomic E-state index is -0.162. The minimum Gasteiger partial charge on any atom is -0.395 e. The molecule has 0 bridgehead atoms. The highest BCUT2D eigenvalue weighted by molar-refractivity contribution is 7.99. The van der Waals surface area contributed by atoms with E-state index in [0.717, 1.165) is 49.7 Å². The molecule has 0 spiro atoms. The molecule has 1 aromatic heterocycles. The molecule has 128 valence electrons. The zero-order valence-electron chi connectivity index (χ0n) is 13.6. The molecular weight excluding hydrogens is 325 g/mol. The predicted molar refractivity (Wildman–Crippen MR) is 92.8 cm³/mol. The summed E-state index contributed by atoms with van der Waals surface area (Å²) in [5.41, 5.74) is 1.10. The molecule has 0 saturated carbocycles. The predicted octanol–water partition coefficient (Wildman–Crippen LogP) is 2.44. The number of aromatic nitrogens is 1. The van der Waals surface area contributed by atoms with Gasteiger partial charge in [-0.2, -0.15) is 0 Å². The van der Waals surface area contributed by atoms with E-state index in [1.165, 1.54) is 5.03 Å². The third-order valence-electron chi connectivity index (χ3n) is 4.97. The first-order valence-corrected chi connectivity index (χ1v) is 9.26. The van der Waals surface area contributed by atoms with Gasteiger partial charge in [0.1, 0.15) is 5.82 Å². The number of fused-ring (bicyclic) bond motifs is 2. The SMILES string of the molecule is OCCN1CCN([C@H]2Cn3cccc3Sc3ccc(F)cc32)CC1. The summed E-state index contributed by atoms with van der Waals surface area (Å²) < 4.78 is 16.2. The molecule has 4 rings (SSSR count). The minimum absolute atomic E-state index is 0.162. The Morgan fingerprint density at radius 3 is 2.79 bits per heavy atom. The Kier molecular flexibility index (Phi) is 4.63. The topological polar surface area (TPSA) is 31.6 Å². The standard InChI is InChI=1S/C18H22FN3OS/c19-14-3-4-17-15(12-14)16(13-22-5-1-2-18(22)24-17)21-8-6-20(7-9-21)10-11-23/h1-5,12,16,23H,6-11,13H2/t16-/m0/s1. The lowest BCUT2D eigenvalue weighted by atomic mass is 10.0. The maximum atomic E-state index is 13.9. The molecule has 0 aliphatic carbocycles. The van der Waals surface area contributed by atoms with E-state index >= 15 is 0 Å². The van der Waals surface area contributed by atoms with Crippen molar-refractivity contribution in [2.75, 3.05) is 39.3 Å². The molecule has 6 heteroatoms. The van der Waals surface area contributed by atoms with Crippen molar-refractivity contribution in [3.8, 4) is 0 Å². The zero-order chi connectivity index (χ0) is 16.5. The van der Waals surface area contributed by atoms with Crippen molar-refractivity contribution in [1.82, 2.24) is 14.4 Å². The smallest absolute Gasteiger partial charge is 0.123 e. The highest BCUT2D eigenvalue weighted by Crippen LogP contribution is 2.40. The first-order chi connectivity index (χ1) is 11.7. The number of aliphatic hydroxyl groups excluding tert-OH is 1. The molecule has 1 saturated heterocycles. The maximum absolute atomic E-state index is 13.9. The normalized spacial score (nSPS) is 22.0. The van der Waals surface area contributed by atoms with Gasteiger partial charge < -0.3 is 9.67 Å². The van der Waals surface area contributed by atoms with Crippen LogP contribution in [0, 0.1) is 5.82 Å². The molecule has 1 atom stereocenters. The van der Waals surface area contributed by atoms with Gasteiger partial charge in [-0.3, -0.25) is 9.80 Å². The molecule has 0 amide bonds. The van der Waals surface area contributed by atoms with Crippen molar-refractivity contribution in [2.45, 2.75) is 22.5 Å². The van der Waals surface area contributed by atoms with E-state index in [0.29, 0.717) is 0 Å². The summed E-state index contributed by atoms with van der Waals surface area (Å²) in [6, 6.07) is 9.56. The molecule has 24 heavy (non-hydrogen) atoms. The number of halogens is 1. The van der Waals surface area contributed by atoms with Crippen LogP contribution in [0.25, 0.3) is 0 Å². The maximum Gasteiger partial charge on any atom is 0.123 e. The van der Waals surface area contributed by atoms with Gasteiger partial charge in [0.25, 0.3) is 0 Å². The Balaban J connectivity index is 1.63. The molecule has 0 unspecified atom stereocenters. The number of benzene rings is 1. The van der Waals surface area contributed by atoms with Crippen molar-refractivity contribution < 1.29 is 9.50 Å². The average molecular weight is 347 g/mol. The van der Waals surface area contributed by atoms with Crippen LogP contribution in [0.5, 0.6) is 0 Å². The summed E-state index contributed by atoms with van der Waals surface area (Å²) in [5, 5.41) is 10.3. The molecule has 1 N–H and O–H groups in total. The van der Waals surface area contributed by atoms with E-state index in [2.05, 4.69) is 32.7 Å². The molecule has 0 radical (unpaired) electrons. The lowest BCUT2D eigenvalue weighted by molar-refractivity contribution is 0.0757. The van der Waals surface area contributed by atoms with E-state index in [9.17, 15) is 4.39 Å². The molecule has 2 aliphatic rings. The second-order valence-electron chi connectivity index (χ2n) is 6.40. The van der Waals surface area contributed by atoms with Crippen molar-refractivity contribution >= 4 is 11.8 Å². The quantitative estimate of drug-likeness (QED) is 0.924. The molecule has 3 heterocycles. The number of nitrogens with zero attached hydrogens (tertiary/aromatic N) is 3. The Hall–Kier alpha value is -1.34. The average Bonchev–Trinajstić information content (AvgIpc) is 2.96. The fraction of sp³-hybridized carbons (Fsp3) is 0.444. The van der Waals surface area contributed by atoms with Crippen molar-refractivity contribution in [2.24, 2.45) is 0 Å². The van der Waals surface area contributed by atoms with E-state index in [4.69, 9.17) is 5.11 Å². The Morgan fingerprint density at radius 2 is 2.00 bits per heavy atom. The third-order valence-corrected chi connectivity index (χ3v) is 6.14. The largest absolute Gasteiger partial charge is 0.395 e. The van der Waals surface area contributed by atoms with Crippen LogP contribution in [0.2, 0.25) is 0 Å². The van der Waals surface area contributed by atoms with Gasteiger partial charge in [0.2, 0.25) is 0 Å². The molecule has 1 aromatic carbocycles. The number of hydrogen-bond acceptors (Lipinski definition) is 4. The number of β-amino-alcohol motifs (C(OH)–C–C–N with tert-alkyl or cyclic N) is 1. The van der Waals surface area contributed by atoms with Crippen molar-refractivity contribution in [1.29, 1.82) is 0 Å². The van der Waals surface area contributed by atoms with Crippen LogP contribution in [0.3, 0.4) is 0 Å². The first kappa shape index (κ1) is 16.1. The second-order valence-corrected chi connectivity index (χ2v) is 7.46. The summed E-state index contributed by atoms with van der Waals surface area (Å²) in [4.78, 5) is 5.90. The Morgan fingerprint density at radius 1 is 1.17 bits per heavy atom. The van der Waals surface area contributed by atoms with Crippen LogP contribution in [0.1, 0.15) is 11.6 Å². The monoisotopic (exact) mass is 347 g/mol. The van der Waals surface area contributed by atoms with Gasteiger partial charge in [0.05, 0.1) is 17.7 Å². The number of piperazine rings is 1. The van der Waals surface area contributed by atoms with E-state index in [-0.39, 0.29) is 18.5 Å². The van der Waals surface area contributed by atoms with Gasteiger partial charge in [0, 0.05) is 50.4 Å². The van der Waals surface area contributed by atoms with Gasteiger partial charge >= 0.3 is 0 Å². The van der Waals surface area contributed by atoms with Crippen LogP contribution in [-0.2, 0) is 6.54 Å². The lowest BCUT2D eigenvalue weighted by Crippen LogP contribution is -2.49. The molecule has 4 nitrogen and oxygen atoms in total. The molecule has 2 aromatic rings. The van der Waals surface area contributed by atoms with Crippen LogP contribution < -0.4 is 0 Å². The van der Waals surface area contributed by atoms with E-state index in [1.807, 2.05) is 6.07 Å². The van der Waals surface area contributed by atoms with Crippen LogP contribution in [-0.4, -0.2) is 58.8 Å². The summed E-state index contributed by atoms with van der Waals surface area (Å²) in [6.45, 7) is 5.60. The number of hydrogen-bond donors (Lipinski definition) is 1. The van der Waals surface area contributed by atoms with Crippen LogP contribution >= 0.6 is 11.8 Å². The summed E-state index contributed by atoms with van der Waals surface area (Å²) >= 11 is 1.72. The fourth-order valence-electron chi connectivity index (χ4n) is 3.66. The number of aliphatic hydroxyl groups is 1. The van der Waals surface area contributed by atoms with Crippen molar-refractivity contribution in [3.05, 3.63) is 47.9 Å². The van der Waals surface area contributed by atoms with Crippen molar-refractivity contribution in [3.63, 3.8) is 0 Å². The van der Waals surface area contributed by atoms with E-state index < -0.39 is 0 Å². The van der Waals surface area contributed by atoms with Gasteiger partial charge in [-0.25, -0.2) is 4.39 Å². The summed E-state index contributed by atoms with van der Waals surface area (Å²) in [7, 11) is 0. The van der Waals surface area contributed by atoms with Gasteiger partial charge in [-0.1, -0.05) is 11.8 Å². The number of rotatable bonds is 3. The third kappa shape index (κ3) is 3.11. The molecular formula is C18H22FN3OS. The van der Waals surface area contributed by atoms with Gasteiger partial charge in [0.15, 0.2) is 0 Å². The summed E-state index contributed by atoms with van der Waals surface area (Å²) in [5.74, 6) is -0.162. The van der Waals surface area contributed by atoms with E-state index in [1.54, 1.807) is 23.9 Å². The van der Waals surface area contributed by atoms with Crippen LogP contribution in [0.15, 0.2) is 46.5 Å². The second kappa shape index (κ2) is 6.88. The van der Waals surface area contributed by atoms with Gasteiger partial charge in [-0.15, -0.1) is 0 Å². The molecule has 1 fully saturated rings. The fourth-order valence-corrected chi connectivity index (χ4v) is 4.74. The Labute approximate surface area is 145 Å². The highest BCUT2D eigenvalue weighted by Gasteiger charge is 2.30. The molecule has 2 aliphatic heterocycles. The van der Waals surface area contributed by atoms with Gasteiger partial charge in [-0.05, 0) is 35.9 Å². The Bertz CT molecular complexity index is 712. The summed E-state index contributed by atoms with van der Waals surface area (Å²) in [6.07, 6.45) is 2.11.